The van der Waals surface area contributed by atoms with E-state index in [1.807, 2.05) is 12.1 Å². The summed E-state index contributed by atoms with van der Waals surface area (Å²) in [4.78, 5) is 28.0. The number of carboxylic acids is 1. The number of carbonyl (C=O) groups excluding carboxylic acids is 1. The van der Waals surface area contributed by atoms with Gasteiger partial charge in [-0.1, -0.05) is 43.3 Å². The van der Waals surface area contributed by atoms with Gasteiger partial charge in [-0.15, -0.1) is 0 Å². The number of alkyl halides is 3. The molecule has 2 N–H and O–H groups in total. The van der Waals surface area contributed by atoms with Crippen molar-refractivity contribution in [2.45, 2.75) is 38.6 Å². The van der Waals surface area contributed by atoms with E-state index in [0.717, 1.165) is 17.6 Å². The second-order valence-corrected chi connectivity index (χ2v) is 7.45. The van der Waals surface area contributed by atoms with Crippen LogP contribution in [-0.4, -0.2) is 27.5 Å². The lowest BCUT2D eigenvalue weighted by molar-refractivity contribution is -0.144. The summed E-state index contributed by atoms with van der Waals surface area (Å²) in [5.74, 6) is -1.61. The molecule has 6 nitrogen and oxygen atoms in total. The van der Waals surface area contributed by atoms with Crippen LogP contribution in [0.25, 0.3) is 10.8 Å². The molecule has 0 radical (unpaired) electrons. The van der Waals surface area contributed by atoms with Gasteiger partial charge in [0, 0.05) is 17.1 Å². The number of aliphatic carboxylic acids is 1. The summed E-state index contributed by atoms with van der Waals surface area (Å²) < 4.78 is 44.0. The Hall–Kier alpha value is -3.62. The van der Waals surface area contributed by atoms with Gasteiger partial charge in [-0.2, -0.15) is 13.2 Å². The molecule has 0 unspecified atom stereocenters. The van der Waals surface area contributed by atoms with Crippen molar-refractivity contribution in [1.29, 1.82) is 0 Å². The third-order valence-electron chi connectivity index (χ3n) is 5.19. The Morgan fingerprint density at radius 1 is 1.09 bits per heavy atom. The minimum Gasteiger partial charge on any atom is -0.487 e. The fourth-order valence-corrected chi connectivity index (χ4v) is 3.02. The van der Waals surface area contributed by atoms with E-state index in [4.69, 9.17) is 4.74 Å². The predicted molar refractivity (Wildman–Crippen MR) is 111 cm³/mol. The van der Waals surface area contributed by atoms with E-state index in [1.165, 1.54) is 19.1 Å². The molecule has 3 aromatic rings. The smallest absolute Gasteiger partial charge is 0.433 e. The zero-order valence-corrected chi connectivity index (χ0v) is 17.4. The van der Waals surface area contributed by atoms with E-state index in [-0.39, 0.29) is 24.3 Å². The second-order valence-electron chi connectivity index (χ2n) is 7.45. The van der Waals surface area contributed by atoms with Crippen molar-refractivity contribution in [3.05, 3.63) is 71.5 Å². The summed E-state index contributed by atoms with van der Waals surface area (Å²) in [6, 6.07) is 12.5. The zero-order valence-electron chi connectivity index (χ0n) is 17.4. The maximum atomic E-state index is 13.0. The van der Waals surface area contributed by atoms with Gasteiger partial charge in [-0.3, -0.25) is 9.78 Å². The van der Waals surface area contributed by atoms with Crippen LogP contribution in [0.5, 0.6) is 5.75 Å². The van der Waals surface area contributed by atoms with Crippen LogP contribution >= 0.6 is 0 Å². The average Bonchev–Trinajstić information content (AvgIpc) is 2.76. The van der Waals surface area contributed by atoms with E-state index in [0.29, 0.717) is 10.9 Å². The highest BCUT2D eigenvalue weighted by Crippen LogP contribution is 2.32. The summed E-state index contributed by atoms with van der Waals surface area (Å²) >= 11 is 0. The standard InChI is InChI=1S/C23H21F3N2O4/c1-3-22(2,21(30)31)28-20(29)17-10-9-15-6-4-5-7-16(15)19(17)32-13-14-8-11-18(27-12-14)23(24,25)26/h4-12H,3,13H2,1-2H3,(H,28,29)(H,30,31)/t22-/m0/s1. The number of rotatable bonds is 7. The molecule has 2 aromatic carbocycles. The number of nitrogens with zero attached hydrogens (tertiary/aromatic N) is 1. The largest absolute Gasteiger partial charge is 0.487 e. The highest BCUT2D eigenvalue weighted by atomic mass is 19.4. The topological polar surface area (TPSA) is 88.5 Å². The number of pyridine rings is 1. The number of fused-ring (bicyclic) bond motifs is 1. The molecule has 0 aliphatic rings. The van der Waals surface area contributed by atoms with Gasteiger partial charge in [0.25, 0.3) is 5.91 Å². The van der Waals surface area contributed by atoms with Crippen LogP contribution in [0.3, 0.4) is 0 Å². The molecule has 1 heterocycles. The third-order valence-corrected chi connectivity index (χ3v) is 5.19. The molecular weight excluding hydrogens is 425 g/mol. The number of hydrogen-bond donors (Lipinski definition) is 2. The number of hydrogen-bond acceptors (Lipinski definition) is 4. The number of amides is 1. The fourth-order valence-electron chi connectivity index (χ4n) is 3.02. The fraction of sp³-hybridized carbons (Fsp3) is 0.261. The zero-order chi connectivity index (χ0) is 23.5. The Bertz CT molecular complexity index is 1150. The monoisotopic (exact) mass is 446 g/mol. The first-order valence-electron chi connectivity index (χ1n) is 9.78. The molecule has 1 atom stereocenters. The van der Waals surface area contributed by atoms with Gasteiger partial charge in [0.05, 0.1) is 5.56 Å². The molecule has 0 bridgehead atoms. The number of halogens is 3. The van der Waals surface area contributed by atoms with E-state index in [2.05, 4.69) is 10.3 Å². The van der Waals surface area contributed by atoms with E-state index >= 15 is 0 Å². The van der Waals surface area contributed by atoms with Crippen LogP contribution in [0.1, 0.15) is 41.9 Å². The maximum absolute atomic E-state index is 13.0. The molecule has 3 rings (SSSR count). The first-order valence-corrected chi connectivity index (χ1v) is 9.78. The van der Waals surface area contributed by atoms with Crippen molar-refractivity contribution in [2.75, 3.05) is 0 Å². The maximum Gasteiger partial charge on any atom is 0.433 e. The van der Waals surface area contributed by atoms with Gasteiger partial charge in [-0.25, -0.2) is 4.79 Å². The highest BCUT2D eigenvalue weighted by molar-refractivity contribution is 6.05. The molecular formula is C23H21F3N2O4. The minimum atomic E-state index is -4.55. The van der Waals surface area contributed by atoms with E-state index in [9.17, 15) is 27.9 Å². The number of ether oxygens (including phenoxy) is 1. The molecule has 1 aromatic heterocycles. The molecule has 0 saturated heterocycles. The lowest BCUT2D eigenvalue weighted by Crippen LogP contribution is -2.51. The van der Waals surface area contributed by atoms with Crippen molar-refractivity contribution in [2.24, 2.45) is 0 Å². The van der Waals surface area contributed by atoms with Gasteiger partial charge < -0.3 is 15.2 Å². The molecule has 0 fully saturated rings. The molecule has 0 aliphatic carbocycles. The molecule has 168 valence electrons. The first kappa shape index (κ1) is 23.1. The Labute approximate surface area is 182 Å². The van der Waals surface area contributed by atoms with Gasteiger partial charge in [-0.05, 0) is 30.9 Å². The number of nitrogens with one attached hydrogen (secondary N) is 1. The number of carboxylic acid groups (broad SMARTS) is 1. The Kier molecular flexibility index (Phi) is 6.38. The third kappa shape index (κ3) is 4.82. The Morgan fingerprint density at radius 2 is 1.81 bits per heavy atom. The van der Waals surface area contributed by atoms with E-state index < -0.39 is 29.3 Å². The molecule has 0 spiro atoms. The van der Waals surface area contributed by atoms with Crippen LogP contribution in [0, 0.1) is 0 Å². The Balaban J connectivity index is 1.94. The van der Waals surface area contributed by atoms with Gasteiger partial charge >= 0.3 is 12.1 Å². The molecule has 0 aliphatic heterocycles. The highest BCUT2D eigenvalue weighted by Gasteiger charge is 2.34. The summed E-state index contributed by atoms with van der Waals surface area (Å²) in [5.41, 5.74) is -2.00. The first-order chi connectivity index (χ1) is 15.0. The SMILES string of the molecule is CC[C@](C)(NC(=O)c1ccc2ccccc2c1OCc1ccc(C(F)(F)F)nc1)C(=O)O. The van der Waals surface area contributed by atoms with Crippen molar-refractivity contribution in [1.82, 2.24) is 10.3 Å². The minimum absolute atomic E-state index is 0.115. The van der Waals surface area contributed by atoms with Crippen molar-refractivity contribution < 1.29 is 32.6 Å². The van der Waals surface area contributed by atoms with Crippen molar-refractivity contribution in [3.63, 3.8) is 0 Å². The van der Waals surface area contributed by atoms with Gasteiger partial charge in [0.15, 0.2) is 0 Å². The lowest BCUT2D eigenvalue weighted by Gasteiger charge is -2.25. The average molecular weight is 446 g/mol. The summed E-state index contributed by atoms with van der Waals surface area (Å²) in [7, 11) is 0. The van der Waals surface area contributed by atoms with Gasteiger partial charge in [0.1, 0.15) is 23.6 Å². The van der Waals surface area contributed by atoms with Crippen molar-refractivity contribution in [3.8, 4) is 5.75 Å². The normalized spacial score (nSPS) is 13.4. The summed E-state index contributed by atoms with van der Waals surface area (Å²) in [5, 5.41) is 13.4. The second kappa shape index (κ2) is 8.86. The van der Waals surface area contributed by atoms with E-state index in [1.54, 1.807) is 25.1 Å². The molecule has 32 heavy (non-hydrogen) atoms. The lowest BCUT2D eigenvalue weighted by atomic mass is 9.97. The summed E-state index contributed by atoms with van der Waals surface area (Å²) in [6.45, 7) is 2.91. The van der Waals surface area contributed by atoms with Crippen LogP contribution in [-0.2, 0) is 17.6 Å². The molecule has 0 saturated carbocycles. The Morgan fingerprint density at radius 3 is 2.41 bits per heavy atom. The van der Waals surface area contributed by atoms with Crippen LogP contribution in [0.2, 0.25) is 0 Å². The molecule has 9 heteroatoms. The predicted octanol–water partition coefficient (Wildman–Crippen LogP) is 4.82. The number of benzene rings is 2. The number of carbonyl (C=O) groups is 2. The number of aromatic nitrogens is 1. The molecule has 1 amide bonds. The van der Waals surface area contributed by atoms with Crippen LogP contribution in [0.4, 0.5) is 13.2 Å². The summed E-state index contributed by atoms with van der Waals surface area (Å²) in [6.07, 6.45) is -3.32. The van der Waals surface area contributed by atoms with Gasteiger partial charge in [0.2, 0.25) is 0 Å². The van der Waals surface area contributed by atoms with Crippen LogP contribution in [0.15, 0.2) is 54.7 Å². The quantitative estimate of drug-likeness (QED) is 0.544. The van der Waals surface area contributed by atoms with Crippen LogP contribution < -0.4 is 10.1 Å². The van der Waals surface area contributed by atoms with Crippen molar-refractivity contribution >= 4 is 22.6 Å².